The van der Waals surface area contributed by atoms with Gasteiger partial charge in [0.05, 0.1) is 0 Å². The van der Waals surface area contributed by atoms with Gasteiger partial charge in [0.2, 0.25) is 5.91 Å². The summed E-state index contributed by atoms with van der Waals surface area (Å²) in [4.78, 5) is 31.3. The minimum Gasteiger partial charge on any atom is -0.339 e. The molecule has 1 aromatic heterocycles. The number of alkyl halides is 1. The van der Waals surface area contributed by atoms with Crippen molar-refractivity contribution in [3.63, 3.8) is 0 Å². The molecule has 1 aromatic rings. The van der Waals surface area contributed by atoms with Gasteiger partial charge >= 0.3 is 0 Å². The van der Waals surface area contributed by atoms with E-state index in [4.69, 9.17) is 11.6 Å². The van der Waals surface area contributed by atoms with E-state index < -0.39 is 0 Å². The highest BCUT2D eigenvalue weighted by Gasteiger charge is 2.24. The summed E-state index contributed by atoms with van der Waals surface area (Å²) in [6.45, 7) is 2.22. The molecule has 0 radical (unpaired) electrons. The van der Waals surface area contributed by atoms with Crippen LogP contribution in [0.15, 0.2) is 24.4 Å². The van der Waals surface area contributed by atoms with E-state index in [1.165, 1.54) is 0 Å². The number of halogens is 1. The van der Waals surface area contributed by atoms with Gasteiger partial charge in [0, 0.05) is 44.7 Å². The van der Waals surface area contributed by atoms with Crippen LogP contribution in [0, 0.1) is 0 Å². The molecule has 0 bridgehead atoms. The van der Waals surface area contributed by atoms with Gasteiger partial charge in [-0.15, -0.1) is 11.6 Å². The predicted molar refractivity (Wildman–Crippen MR) is 72.1 cm³/mol. The average Bonchev–Trinajstić information content (AvgIpc) is 2.48. The summed E-state index contributed by atoms with van der Waals surface area (Å²) in [7, 11) is 0. The number of hydrogen-bond donors (Lipinski definition) is 0. The van der Waals surface area contributed by atoms with Gasteiger partial charge in [0.1, 0.15) is 5.69 Å². The van der Waals surface area contributed by atoms with Gasteiger partial charge in [-0.05, 0) is 12.1 Å². The van der Waals surface area contributed by atoms with Crippen LogP contribution in [0.2, 0.25) is 0 Å². The summed E-state index contributed by atoms with van der Waals surface area (Å²) < 4.78 is 0. The molecule has 1 fully saturated rings. The zero-order valence-electron chi connectivity index (χ0n) is 10.6. The number of amides is 2. The highest BCUT2D eigenvalue weighted by Crippen LogP contribution is 2.08. The van der Waals surface area contributed by atoms with Gasteiger partial charge in [0.15, 0.2) is 0 Å². The Balaban J connectivity index is 1.90. The topological polar surface area (TPSA) is 53.5 Å². The van der Waals surface area contributed by atoms with E-state index in [1.807, 2.05) is 0 Å². The minimum atomic E-state index is -0.0787. The maximum absolute atomic E-state index is 12.1. The molecular formula is C13H16ClN3O2. The maximum atomic E-state index is 12.1. The second-order valence-electron chi connectivity index (χ2n) is 4.33. The van der Waals surface area contributed by atoms with E-state index >= 15 is 0 Å². The normalized spacial score (nSPS) is 15.4. The van der Waals surface area contributed by atoms with Crippen LogP contribution in [-0.4, -0.2) is 58.7 Å². The lowest BCUT2D eigenvalue weighted by atomic mass is 10.2. The van der Waals surface area contributed by atoms with Crippen LogP contribution in [0.3, 0.4) is 0 Å². The van der Waals surface area contributed by atoms with Gasteiger partial charge in [-0.2, -0.15) is 0 Å². The number of pyridine rings is 1. The third kappa shape index (κ3) is 3.44. The van der Waals surface area contributed by atoms with Crippen molar-refractivity contribution in [3.8, 4) is 0 Å². The van der Waals surface area contributed by atoms with Gasteiger partial charge in [-0.25, -0.2) is 0 Å². The summed E-state index contributed by atoms with van der Waals surface area (Å²) in [6.07, 6.45) is 1.96. The van der Waals surface area contributed by atoms with E-state index in [9.17, 15) is 9.59 Å². The predicted octanol–water partition coefficient (Wildman–Crippen LogP) is 0.995. The molecular weight excluding hydrogens is 266 g/mol. The number of nitrogens with zero attached hydrogens (tertiary/aromatic N) is 3. The molecule has 2 heterocycles. The number of carbonyl (C=O) groups excluding carboxylic acids is 2. The fourth-order valence-electron chi connectivity index (χ4n) is 2.05. The molecule has 1 aliphatic heterocycles. The first-order valence-corrected chi connectivity index (χ1v) is 6.80. The molecule has 102 valence electrons. The Morgan fingerprint density at radius 2 is 1.84 bits per heavy atom. The molecule has 0 saturated carbocycles. The van der Waals surface area contributed by atoms with Gasteiger partial charge in [0.25, 0.3) is 5.91 Å². The van der Waals surface area contributed by atoms with Crippen molar-refractivity contribution in [2.45, 2.75) is 6.42 Å². The first-order chi connectivity index (χ1) is 9.22. The van der Waals surface area contributed by atoms with Crippen LogP contribution in [0.5, 0.6) is 0 Å². The molecule has 0 atom stereocenters. The third-order valence-corrected chi connectivity index (χ3v) is 3.30. The fourth-order valence-corrected chi connectivity index (χ4v) is 2.21. The monoisotopic (exact) mass is 281 g/mol. The van der Waals surface area contributed by atoms with Crippen LogP contribution in [0.1, 0.15) is 16.9 Å². The quantitative estimate of drug-likeness (QED) is 0.777. The largest absolute Gasteiger partial charge is 0.339 e. The molecule has 0 unspecified atom stereocenters. The van der Waals surface area contributed by atoms with Gasteiger partial charge < -0.3 is 9.80 Å². The summed E-state index contributed by atoms with van der Waals surface area (Å²) in [6, 6.07) is 5.27. The number of piperazine rings is 1. The van der Waals surface area contributed by atoms with E-state index in [0.717, 1.165) is 0 Å². The second kappa shape index (κ2) is 6.52. The average molecular weight is 282 g/mol. The van der Waals surface area contributed by atoms with Crippen molar-refractivity contribution in [1.82, 2.24) is 14.8 Å². The Hall–Kier alpha value is -1.62. The molecule has 2 amide bonds. The molecule has 1 saturated heterocycles. The molecule has 2 rings (SSSR count). The molecule has 0 spiro atoms. The van der Waals surface area contributed by atoms with Crippen molar-refractivity contribution < 1.29 is 9.59 Å². The molecule has 5 nitrogen and oxygen atoms in total. The molecule has 0 N–H and O–H groups in total. The van der Waals surface area contributed by atoms with Crippen LogP contribution >= 0.6 is 11.6 Å². The second-order valence-corrected chi connectivity index (χ2v) is 4.70. The Morgan fingerprint density at radius 1 is 1.16 bits per heavy atom. The molecule has 1 aliphatic rings. The molecule has 0 aromatic carbocycles. The van der Waals surface area contributed by atoms with Crippen molar-refractivity contribution in [3.05, 3.63) is 30.1 Å². The maximum Gasteiger partial charge on any atom is 0.272 e. The van der Waals surface area contributed by atoms with Gasteiger partial charge in [-0.1, -0.05) is 6.07 Å². The van der Waals surface area contributed by atoms with Crippen LogP contribution in [0.4, 0.5) is 0 Å². The van der Waals surface area contributed by atoms with Crippen LogP contribution < -0.4 is 0 Å². The third-order valence-electron chi connectivity index (χ3n) is 3.11. The van der Waals surface area contributed by atoms with Crippen LogP contribution in [-0.2, 0) is 4.79 Å². The van der Waals surface area contributed by atoms with Crippen molar-refractivity contribution in [2.75, 3.05) is 32.1 Å². The van der Waals surface area contributed by atoms with Crippen molar-refractivity contribution in [1.29, 1.82) is 0 Å². The lowest BCUT2D eigenvalue weighted by Crippen LogP contribution is -2.50. The van der Waals surface area contributed by atoms with Crippen molar-refractivity contribution in [2.24, 2.45) is 0 Å². The van der Waals surface area contributed by atoms with E-state index in [2.05, 4.69) is 4.98 Å². The number of hydrogen-bond acceptors (Lipinski definition) is 3. The lowest BCUT2D eigenvalue weighted by Gasteiger charge is -2.34. The molecule has 19 heavy (non-hydrogen) atoms. The van der Waals surface area contributed by atoms with Gasteiger partial charge in [-0.3, -0.25) is 14.6 Å². The van der Waals surface area contributed by atoms with E-state index in [1.54, 1.807) is 34.2 Å². The number of aromatic nitrogens is 1. The zero-order chi connectivity index (χ0) is 13.7. The Labute approximate surface area is 117 Å². The Morgan fingerprint density at radius 3 is 2.42 bits per heavy atom. The SMILES string of the molecule is O=C(CCCl)N1CCN(C(=O)c2ccccn2)CC1. The number of carbonyl (C=O) groups is 2. The summed E-state index contributed by atoms with van der Waals surface area (Å²) in [5.74, 6) is 0.316. The Kier molecular flexibility index (Phi) is 4.74. The summed E-state index contributed by atoms with van der Waals surface area (Å²) in [5, 5.41) is 0. The summed E-state index contributed by atoms with van der Waals surface area (Å²) in [5.41, 5.74) is 0.447. The number of rotatable bonds is 3. The lowest BCUT2D eigenvalue weighted by molar-refractivity contribution is -0.132. The highest BCUT2D eigenvalue weighted by molar-refractivity contribution is 6.18. The first kappa shape index (κ1) is 13.8. The molecule has 0 aliphatic carbocycles. The van der Waals surface area contributed by atoms with Crippen LogP contribution in [0.25, 0.3) is 0 Å². The first-order valence-electron chi connectivity index (χ1n) is 6.26. The van der Waals surface area contributed by atoms with E-state index in [0.29, 0.717) is 44.2 Å². The zero-order valence-corrected chi connectivity index (χ0v) is 11.3. The summed E-state index contributed by atoms with van der Waals surface area (Å²) >= 11 is 5.55. The Bertz CT molecular complexity index is 444. The fraction of sp³-hybridized carbons (Fsp3) is 0.462. The van der Waals surface area contributed by atoms with E-state index in [-0.39, 0.29) is 11.8 Å². The minimum absolute atomic E-state index is 0.0555. The van der Waals surface area contributed by atoms with Crippen molar-refractivity contribution >= 4 is 23.4 Å². The highest BCUT2D eigenvalue weighted by atomic mass is 35.5. The smallest absolute Gasteiger partial charge is 0.272 e. The molecule has 6 heteroatoms. The standard InChI is InChI=1S/C13H16ClN3O2/c14-5-4-12(18)16-7-9-17(10-8-16)13(19)11-3-1-2-6-15-11/h1-3,6H,4-5,7-10H2.